The van der Waals surface area contributed by atoms with Gasteiger partial charge < -0.3 is 4.57 Å². The standard InChI is InChI=1S/C29H22N2/c1-5-13-23(14-6-1)28-21-25(22-30-26-17-9-3-10-18-26)29(24-15-7-2-8-16-24)31(28)27-19-11-4-12-20-27/h1-22H. The van der Waals surface area contributed by atoms with E-state index in [4.69, 9.17) is 4.99 Å². The van der Waals surface area contributed by atoms with Crippen LogP contribution in [0.4, 0.5) is 5.69 Å². The molecule has 5 rings (SSSR count). The van der Waals surface area contributed by atoms with Gasteiger partial charge in [-0.1, -0.05) is 97.1 Å². The fourth-order valence-electron chi connectivity index (χ4n) is 3.84. The minimum absolute atomic E-state index is 0.940. The number of nitrogens with zero attached hydrogens (tertiary/aromatic N) is 2. The molecule has 0 saturated heterocycles. The third-order valence-electron chi connectivity index (χ3n) is 5.27. The Morgan fingerprint density at radius 1 is 0.548 bits per heavy atom. The largest absolute Gasteiger partial charge is 0.309 e. The summed E-state index contributed by atoms with van der Waals surface area (Å²) in [6.45, 7) is 0. The lowest BCUT2D eigenvalue weighted by Crippen LogP contribution is -2.00. The van der Waals surface area contributed by atoms with E-state index in [1.54, 1.807) is 0 Å². The van der Waals surface area contributed by atoms with Crippen LogP contribution in [0.3, 0.4) is 0 Å². The van der Waals surface area contributed by atoms with E-state index in [0.29, 0.717) is 0 Å². The Morgan fingerprint density at radius 2 is 1.06 bits per heavy atom. The molecule has 0 bridgehead atoms. The maximum atomic E-state index is 4.77. The Labute approximate surface area is 182 Å². The number of benzene rings is 4. The second-order valence-corrected chi connectivity index (χ2v) is 7.33. The van der Waals surface area contributed by atoms with E-state index in [9.17, 15) is 0 Å². The predicted molar refractivity (Wildman–Crippen MR) is 130 cm³/mol. The van der Waals surface area contributed by atoms with Crippen LogP contribution >= 0.6 is 0 Å². The summed E-state index contributed by atoms with van der Waals surface area (Å²) in [6.07, 6.45) is 1.98. The summed E-state index contributed by atoms with van der Waals surface area (Å²) in [5.74, 6) is 0. The molecule has 1 heterocycles. The quantitative estimate of drug-likeness (QED) is 0.272. The van der Waals surface area contributed by atoms with Crippen LogP contribution in [0.5, 0.6) is 0 Å². The van der Waals surface area contributed by atoms with Crippen molar-refractivity contribution in [2.45, 2.75) is 0 Å². The van der Waals surface area contributed by atoms with Gasteiger partial charge in [-0.2, -0.15) is 0 Å². The molecule has 0 fully saturated rings. The SMILES string of the molecule is C(=Nc1ccccc1)c1cc(-c2ccccc2)n(-c2ccccc2)c1-c1ccccc1. The highest BCUT2D eigenvalue weighted by atomic mass is 15.0. The van der Waals surface area contributed by atoms with Crippen molar-refractivity contribution in [2.24, 2.45) is 4.99 Å². The Balaban J connectivity index is 1.78. The van der Waals surface area contributed by atoms with Crippen molar-refractivity contribution in [3.8, 4) is 28.2 Å². The Kier molecular flexibility index (Phi) is 5.27. The zero-order valence-corrected chi connectivity index (χ0v) is 17.1. The van der Waals surface area contributed by atoms with Gasteiger partial charge in [-0.15, -0.1) is 0 Å². The summed E-state index contributed by atoms with van der Waals surface area (Å²) in [7, 11) is 0. The molecule has 0 saturated carbocycles. The van der Waals surface area contributed by atoms with Gasteiger partial charge in [0.05, 0.1) is 17.1 Å². The molecule has 0 amide bonds. The van der Waals surface area contributed by atoms with Crippen molar-refractivity contribution in [1.82, 2.24) is 4.57 Å². The molecule has 2 heteroatoms. The van der Waals surface area contributed by atoms with Gasteiger partial charge in [0.15, 0.2) is 0 Å². The minimum atomic E-state index is 0.940. The fraction of sp³-hybridized carbons (Fsp3) is 0. The van der Waals surface area contributed by atoms with Crippen LogP contribution in [0.15, 0.2) is 132 Å². The smallest absolute Gasteiger partial charge is 0.0629 e. The van der Waals surface area contributed by atoms with Gasteiger partial charge in [0, 0.05) is 17.5 Å². The van der Waals surface area contributed by atoms with Crippen LogP contribution in [-0.4, -0.2) is 10.8 Å². The van der Waals surface area contributed by atoms with Crippen LogP contribution in [0.25, 0.3) is 28.2 Å². The molecule has 0 unspecified atom stereocenters. The fourth-order valence-corrected chi connectivity index (χ4v) is 3.84. The van der Waals surface area contributed by atoms with E-state index in [1.165, 1.54) is 5.56 Å². The lowest BCUT2D eigenvalue weighted by molar-refractivity contribution is 1.09. The molecule has 1 aromatic heterocycles. The molecular weight excluding hydrogens is 376 g/mol. The lowest BCUT2D eigenvalue weighted by atomic mass is 10.1. The lowest BCUT2D eigenvalue weighted by Gasteiger charge is -2.15. The van der Waals surface area contributed by atoms with E-state index >= 15 is 0 Å². The van der Waals surface area contributed by atoms with Crippen LogP contribution in [0, 0.1) is 0 Å². The summed E-state index contributed by atoms with van der Waals surface area (Å²) in [6, 6.07) is 43.9. The Morgan fingerprint density at radius 3 is 1.68 bits per heavy atom. The molecule has 2 nitrogen and oxygen atoms in total. The molecule has 0 N–H and O–H groups in total. The van der Waals surface area contributed by atoms with Crippen molar-refractivity contribution in [2.75, 3.05) is 0 Å². The van der Waals surface area contributed by atoms with Gasteiger partial charge in [-0.25, -0.2) is 0 Å². The average Bonchev–Trinajstić information content (AvgIpc) is 3.24. The monoisotopic (exact) mass is 398 g/mol. The maximum absolute atomic E-state index is 4.77. The van der Waals surface area contributed by atoms with E-state index < -0.39 is 0 Å². The number of hydrogen-bond acceptors (Lipinski definition) is 1. The summed E-state index contributed by atoms with van der Waals surface area (Å²) in [4.78, 5) is 4.77. The first-order valence-electron chi connectivity index (χ1n) is 10.4. The molecule has 31 heavy (non-hydrogen) atoms. The number of aromatic nitrogens is 1. The highest BCUT2D eigenvalue weighted by Gasteiger charge is 2.18. The van der Waals surface area contributed by atoms with Crippen molar-refractivity contribution >= 4 is 11.9 Å². The number of aliphatic imine (C=N–C) groups is 1. The molecule has 0 aliphatic heterocycles. The van der Waals surface area contributed by atoms with E-state index in [2.05, 4.69) is 102 Å². The van der Waals surface area contributed by atoms with E-state index in [-0.39, 0.29) is 0 Å². The van der Waals surface area contributed by atoms with Gasteiger partial charge in [-0.05, 0) is 41.5 Å². The first kappa shape index (κ1) is 18.8. The van der Waals surface area contributed by atoms with Gasteiger partial charge in [0.1, 0.15) is 0 Å². The predicted octanol–water partition coefficient (Wildman–Crippen LogP) is 7.56. The Hall–Kier alpha value is -4.17. The van der Waals surface area contributed by atoms with E-state index in [0.717, 1.165) is 33.9 Å². The number of hydrogen-bond donors (Lipinski definition) is 0. The van der Waals surface area contributed by atoms with Gasteiger partial charge in [-0.3, -0.25) is 4.99 Å². The Bertz CT molecular complexity index is 1290. The molecule has 0 aliphatic rings. The zero-order valence-electron chi connectivity index (χ0n) is 17.1. The van der Waals surface area contributed by atoms with Crippen molar-refractivity contribution in [3.63, 3.8) is 0 Å². The zero-order chi connectivity index (χ0) is 20.9. The second kappa shape index (κ2) is 8.68. The molecular formula is C29H22N2. The summed E-state index contributed by atoms with van der Waals surface area (Å²) in [5, 5.41) is 0. The average molecular weight is 399 g/mol. The first-order chi connectivity index (χ1) is 15.4. The topological polar surface area (TPSA) is 17.3 Å². The number of para-hydroxylation sites is 2. The van der Waals surface area contributed by atoms with Crippen LogP contribution < -0.4 is 0 Å². The summed E-state index contributed by atoms with van der Waals surface area (Å²) >= 11 is 0. The van der Waals surface area contributed by atoms with Crippen LogP contribution in [-0.2, 0) is 0 Å². The molecule has 148 valence electrons. The molecule has 0 atom stereocenters. The highest BCUT2D eigenvalue weighted by molar-refractivity contribution is 5.94. The van der Waals surface area contributed by atoms with Gasteiger partial charge in [0.25, 0.3) is 0 Å². The maximum Gasteiger partial charge on any atom is 0.0629 e. The molecule has 0 radical (unpaired) electrons. The van der Waals surface area contributed by atoms with Crippen molar-refractivity contribution in [3.05, 3.63) is 133 Å². The highest BCUT2D eigenvalue weighted by Crippen LogP contribution is 2.35. The summed E-state index contributed by atoms with van der Waals surface area (Å²) in [5.41, 5.74) is 7.74. The van der Waals surface area contributed by atoms with Gasteiger partial charge >= 0.3 is 0 Å². The molecule has 0 spiro atoms. The minimum Gasteiger partial charge on any atom is -0.309 e. The van der Waals surface area contributed by atoms with Gasteiger partial charge in [0.2, 0.25) is 0 Å². The third-order valence-corrected chi connectivity index (χ3v) is 5.27. The molecule has 0 aliphatic carbocycles. The molecule has 5 aromatic rings. The van der Waals surface area contributed by atoms with Crippen LogP contribution in [0.1, 0.15) is 5.56 Å². The molecule has 4 aromatic carbocycles. The second-order valence-electron chi connectivity index (χ2n) is 7.33. The first-order valence-corrected chi connectivity index (χ1v) is 10.4. The normalized spacial score (nSPS) is 11.1. The summed E-state index contributed by atoms with van der Waals surface area (Å²) < 4.78 is 2.33. The number of rotatable bonds is 5. The third kappa shape index (κ3) is 3.96. The van der Waals surface area contributed by atoms with Crippen molar-refractivity contribution < 1.29 is 0 Å². The van der Waals surface area contributed by atoms with Crippen molar-refractivity contribution in [1.29, 1.82) is 0 Å². The van der Waals surface area contributed by atoms with Crippen LogP contribution in [0.2, 0.25) is 0 Å². The van der Waals surface area contributed by atoms with E-state index in [1.807, 2.05) is 36.5 Å².